The molecule has 0 spiro atoms. The van der Waals surface area contributed by atoms with E-state index in [1.165, 1.54) is 6.42 Å². The van der Waals surface area contributed by atoms with Crippen molar-refractivity contribution in [3.05, 3.63) is 28.2 Å². The van der Waals surface area contributed by atoms with E-state index in [-0.39, 0.29) is 17.1 Å². The molecule has 98 valence electrons. The molecule has 0 amide bonds. The molecule has 0 aliphatic heterocycles. The third-order valence-electron chi connectivity index (χ3n) is 4.11. The van der Waals surface area contributed by atoms with E-state index in [0.717, 1.165) is 29.3 Å². The Morgan fingerprint density at radius 1 is 1.39 bits per heavy atom. The van der Waals surface area contributed by atoms with Crippen LogP contribution >= 0.6 is 15.9 Å². The predicted molar refractivity (Wildman–Crippen MR) is 78.6 cm³/mol. The Balaban J connectivity index is 2.27. The van der Waals surface area contributed by atoms with E-state index >= 15 is 0 Å². The number of ketones is 1. The fourth-order valence-electron chi connectivity index (χ4n) is 2.86. The molecular formula is C15H20BrNO. The van der Waals surface area contributed by atoms with Gasteiger partial charge >= 0.3 is 0 Å². The first-order chi connectivity index (χ1) is 8.42. The fourth-order valence-corrected chi connectivity index (χ4v) is 3.24. The van der Waals surface area contributed by atoms with Gasteiger partial charge in [-0.2, -0.15) is 0 Å². The summed E-state index contributed by atoms with van der Waals surface area (Å²) in [6, 6.07) is 5.49. The van der Waals surface area contributed by atoms with Crippen molar-refractivity contribution in [1.29, 1.82) is 0 Å². The maximum absolute atomic E-state index is 12.6. The Hall–Kier alpha value is -0.830. The molecule has 1 aromatic carbocycles. The van der Waals surface area contributed by atoms with Crippen molar-refractivity contribution in [2.75, 3.05) is 5.73 Å². The van der Waals surface area contributed by atoms with Gasteiger partial charge in [0.2, 0.25) is 0 Å². The Kier molecular flexibility index (Phi) is 3.81. The molecule has 1 aliphatic carbocycles. The topological polar surface area (TPSA) is 43.1 Å². The molecule has 1 unspecified atom stereocenters. The average molecular weight is 310 g/mol. The number of nitrogen functional groups attached to an aromatic ring is 1. The zero-order valence-corrected chi connectivity index (χ0v) is 12.6. The highest BCUT2D eigenvalue weighted by atomic mass is 79.9. The molecule has 2 N–H and O–H groups in total. The minimum atomic E-state index is 0.114. The van der Waals surface area contributed by atoms with Crippen LogP contribution in [0.5, 0.6) is 0 Å². The van der Waals surface area contributed by atoms with Crippen LogP contribution in [0.15, 0.2) is 22.7 Å². The van der Waals surface area contributed by atoms with Crippen LogP contribution in [0.2, 0.25) is 0 Å². The van der Waals surface area contributed by atoms with Crippen LogP contribution in [0.1, 0.15) is 49.9 Å². The molecule has 0 bridgehead atoms. The van der Waals surface area contributed by atoms with Crippen molar-refractivity contribution in [2.24, 2.45) is 11.3 Å². The first-order valence-corrected chi connectivity index (χ1v) is 7.30. The number of benzene rings is 1. The van der Waals surface area contributed by atoms with Crippen LogP contribution in [0, 0.1) is 11.3 Å². The molecule has 0 heterocycles. The molecule has 0 radical (unpaired) electrons. The van der Waals surface area contributed by atoms with E-state index in [1.807, 2.05) is 12.1 Å². The van der Waals surface area contributed by atoms with Gasteiger partial charge in [-0.25, -0.2) is 0 Å². The van der Waals surface area contributed by atoms with Crippen LogP contribution < -0.4 is 5.73 Å². The van der Waals surface area contributed by atoms with Gasteiger partial charge in [0.25, 0.3) is 0 Å². The van der Waals surface area contributed by atoms with Crippen molar-refractivity contribution in [3.8, 4) is 0 Å². The molecule has 1 atom stereocenters. The second-order valence-electron chi connectivity index (χ2n) is 5.89. The fraction of sp³-hybridized carbons (Fsp3) is 0.533. The van der Waals surface area contributed by atoms with E-state index in [4.69, 9.17) is 5.73 Å². The molecule has 1 fully saturated rings. The van der Waals surface area contributed by atoms with Crippen molar-refractivity contribution >= 4 is 27.4 Å². The van der Waals surface area contributed by atoms with Gasteiger partial charge < -0.3 is 5.73 Å². The molecule has 1 aromatic rings. The van der Waals surface area contributed by atoms with Gasteiger partial charge in [-0.15, -0.1) is 0 Å². The minimum Gasteiger partial charge on any atom is -0.398 e. The second kappa shape index (κ2) is 5.04. The second-order valence-corrected chi connectivity index (χ2v) is 6.74. The number of carbonyl (C=O) groups is 1. The molecule has 2 rings (SSSR count). The molecule has 0 aromatic heterocycles. The van der Waals surface area contributed by atoms with E-state index in [9.17, 15) is 4.79 Å². The van der Waals surface area contributed by atoms with Gasteiger partial charge in [0.1, 0.15) is 0 Å². The third kappa shape index (κ3) is 2.61. The zero-order chi connectivity index (χ0) is 13.3. The zero-order valence-electron chi connectivity index (χ0n) is 11.0. The Labute approximate surface area is 117 Å². The van der Waals surface area contributed by atoms with E-state index in [1.54, 1.807) is 6.07 Å². The Bertz CT molecular complexity index is 468. The first kappa shape index (κ1) is 13.6. The number of carbonyl (C=O) groups excluding carboxylic acids is 1. The van der Waals surface area contributed by atoms with Gasteiger partial charge in [-0.05, 0) is 52.4 Å². The van der Waals surface area contributed by atoms with E-state index in [2.05, 4.69) is 29.8 Å². The van der Waals surface area contributed by atoms with Gasteiger partial charge in [0, 0.05) is 21.6 Å². The van der Waals surface area contributed by atoms with Gasteiger partial charge in [0.15, 0.2) is 5.78 Å². The SMILES string of the molecule is CC1(C)CCCCC1C(=O)c1ccc(N)c(Br)c1. The number of hydrogen-bond acceptors (Lipinski definition) is 2. The summed E-state index contributed by atoms with van der Waals surface area (Å²) in [5, 5.41) is 0. The van der Waals surface area contributed by atoms with E-state index < -0.39 is 0 Å². The molecular weight excluding hydrogens is 290 g/mol. The van der Waals surface area contributed by atoms with Gasteiger partial charge in [-0.3, -0.25) is 4.79 Å². The lowest BCUT2D eigenvalue weighted by atomic mass is 9.66. The standard InChI is InChI=1S/C15H20BrNO/c1-15(2)8-4-3-5-11(15)14(18)10-6-7-13(17)12(16)9-10/h6-7,9,11H,3-5,8,17H2,1-2H3. The van der Waals surface area contributed by atoms with Crippen LogP contribution in [0.3, 0.4) is 0 Å². The Morgan fingerprint density at radius 3 is 2.72 bits per heavy atom. The number of anilines is 1. The molecule has 3 heteroatoms. The molecule has 0 saturated heterocycles. The highest BCUT2D eigenvalue weighted by molar-refractivity contribution is 9.10. The van der Waals surface area contributed by atoms with Crippen molar-refractivity contribution < 1.29 is 4.79 Å². The molecule has 1 saturated carbocycles. The maximum Gasteiger partial charge on any atom is 0.166 e. The van der Waals surface area contributed by atoms with Crippen molar-refractivity contribution in [3.63, 3.8) is 0 Å². The van der Waals surface area contributed by atoms with E-state index in [0.29, 0.717) is 5.69 Å². The summed E-state index contributed by atoms with van der Waals surface area (Å²) in [7, 11) is 0. The number of halogens is 1. The lowest BCUT2D eigenvalue weighted by Crippen LogP contribution is -2.34. The Morgan fingerprint density at radius 2 is 2.11 bits per heavy atom. The third-order valence-corrected chi connectivity index (χ3v) is 4.80. The number of hydrogen-bond donors (Lipinski definition) is 1. The monoisotopic (exact) mass is 309 g/mol. The highest BCUT2D eigenvalue weighted by Gasteiger charge is 2.37. The summed E-state index contributed by atoms with van der Waals surface area (Å²) in [6.07, 6.45) is 4.55. The average Bonchev–Trinajstić information content (AvgIpc) is 2.31. The minimum absolute atomic E-state index is 0.114. The van der Waals surface area contributed by atoms with Crippen LogP contribution in [-0.2, 0) is 0 Å². The van der Waals surface area contributed by atoms with Gasteiger partial charge in [-0.1, -0.05) is 26.7 Å². The van der Waals surface area contributed by atoms with Crippen LogP contribution in [0.25, 0.3) is 0 Å². The summed E-state index contributed by atoms with van der Waals surface area (Å²) >= 11 is 3.39. The van der Waals surface area contributed by atoms with Crippen molar-refractivity contribution in [2.45, 2.75) is 39.5 Å². The maximum atomic E-state index is 12.6. The molecule has 1 aliphatic rings. The quantitative estimate of drug-likeness (QED) is 0.648. The smallest absolute Gasteiger partial charge is 0.166 e. The highest BCUT2D eigenvalue weighted by Crippen LogP contribution is 2.42. The first-order valence-electron chi connectivity index (χ1n) is 6.51. The molecule has 18 heavy (non-hydrogen) atoms. The predicted octanol–water partition coefficient (Wildman–Crippen LogP) is 4.43. The van der Waals surface area contributed by atoms with Crippen LogP contribution in [0.4, 0.5) is 5.69 Å². The number of nitrogens with two attached hydrogens (primary N) is 1. The largest absolute Gasteiger partial charge is 0.398 e. The van der Waals surface area contributed by atoms with Gasteiger partial charge in [0.05, 0.1) is 0 Å². The summed E-state index contributed by atoms with van der Waals surface area (Å²) in [5.74, 6) is 0.405. The summed E-state index contributed by atoms with van der Waals surface area (Å²) in [5.41, 5.74) is 7.33. The number of Topliss-reactive ketones (excluding diaryl/α,β-unsaturated/α-hetero) is 1. The lowest BCUT2D eigenvalue weighted by Gasteiger charge is -2.37. The lowest BCUT2D eigenvalue weighted by molar-refractivity contribution is 0.0697. The van der Waals surface area contributed by atoms with Crippen molar-refractivity contribution in [1.82, 2.24) is 0 Å². The summed E-state index contributed by atoms with van der Waals surface area (Å²) in [6.45, 7) is 4.42. The summed E-state index contributed by atoms with van der Waals surface area (Å²) < 4.78 is 0.807. The molecule has 2 nitrogen and oxygen atoms in total. The van der Waals surface area contributed by atoms with Crippen LogP contribution in [-0.4, -0.2) is 5.78 Å². The number of rotatable bonds is 2. The normalized spacial score (nSPS) is 22.7. The summed E-state index contributed by atoms with van der Waals surface area (Å²) in [4.78, 5) is 12.6.